The van der Waals surface area contributed by atoms with Crippen molar-refractivity contribution in [2.75, 3.05) is 25.1 Å². The highest BCUT2D eigenvalue weighted by molar-refractivity contribution is 5.39. The van der Waals surface area contributed by atoms with Crippen molar-refractivity contribution in [1.29, 1.82) is 0 Å². The first kappa shape index (κ1) is 15.8. The lowest BCUT2D eigenvalue weighted by molar-refractivity contribution is 0.0965. The fourth-order valence-corrected chi connectivity index (χ4v) is 1.50. The van der Waals surface area contributed by atoms with Crippen LogP contribution in [-0.4, -0.2) is 30.3 Å². The Labute approximate surface area is 116 Å². The van der Waals surface area contributed by atoms with Gasteiger partial charge in [-0.15, -0.1) is 0 Å². The van der Waals surface area contributed by atoms with Gasteiger partial charge in [-0.05, 0) is 33.3 Å². The van der Waals surface area contributed by atoms with Crippen LogP contribution in [0.2, 0.25) is 0 Å². The highest BCUT2D eigenvalue weighted by Crippen LogP contribution is 2.15. The lowest BCUT2D eigenvalue weighted by Gasteiger charge is -2.21. The molecule has 0 fully saturated rings. The van der Waals surface area contributed by atoms with E-state index in [1.807, 2.05) is 18.2 Å². The zero-order valence-electron chi connectivity index (χ0n) is 12.5. The number of hydrogen-bond donors (Lipinski definition) is 1. The Hall–Kier alpha value is -1.29. The minimum Gasteiger partial charge on any atom is -0.475 e. The van der Waals surface area contributed by atoms with E-state index in [9.17, 15) is 0 Å². The zero-order valence-corrected chi connectivity index (χ0v) is 12.5. The van der Waals surface area contributed by atoms with Gasteiger partial charge in [0.15, 0.2) is 0 Å². The Morgan fingerprint density at radius 2 is 1.95 bits per heavy atom. The molecular weight excluding hydrogens is 240 g/mol. The summed E-state index contributed by atoms with van der Waals surface area (Å²) in [5, 5.41) is 3.32. The van der Waals surface area contributed by atoms with Crippen LogP contribution in [0.15, 0.2) is 18.2 Å². The first-order chi connectivity index (χ1) is 9.01. The van der Waals surface area contributed by atoms with E-state index in [-0.39, 0.29) is 5.54 Å². The quantitative estimate of drug-likeness (QED) is 0.731. The number of anilines is 1. The SMILES string of the molecule is CCCCOCCOc1cccc(NC(C)(C)C)n1. The number of pyridine rings is 1. The van der Waals surface area contributed by atoms with E-state index in [0.717, 1.165) is 25.3 Å². The molecule has 0 spiro atoms. The van der Waals surface area contributed by atoms with Crippen LogP contribution in [0.25, 0.3) is 0 Å². The van der Waals surface area contributed by atoms with Crippen LogP contribution in [0.4, 0.5) is 5.82 Å². The van der Waals surface area contributed by atoms with Crippen molar-refractivity contribution >= 4 is 5.82 Å². The van der Waals surface area contributed by atoms with Gasteiger partial charge in [0.2, 0.25) is 5.88 Å². The van der Waals surface area contributed by atoms with Gasteiger partial charge in [0.1, 0.15) is 12.4 Å². The maximum atomic E-state index is 5.57. The molecule has 1 rings (SSSR count). The Balaban J connectivity index is 2.32. The van der Waals surface area contributed by atoms with E-state index in [2.05, 4.69) is 38.0 Å². The predicted molar refractivity (Wildman–Crippen MR) is 78.8 cm³/mol. The van der Waals surface area contributed by atoms with Gasteiger partial charge in [-0.3, -0.25) is 0 Å². The van der Waals surface area contributed by atoms with Crippen molar-refractivity contribution in [3.8, 4) is 5.88 Å². The molecule has 4 heteroatoms. The first-order valence-corrected chi connectivity index (χ1v) is 6.97. The van der Waals surface area contributed by atoms with Gasteiger partial charge >= 0.3 is 0 Å². The summed E-state index contributed by atoms with van der Waals surface area (Å²) < 4.78 is 11.0. The van der Waals surface area contributed by atoms with E-state index in [4.69, 9.17) is 9.47 Å². The molecular formula is C15H26N2O2. The second kappa shape index (κ2) is 8.00. The van der Waals surface area contributed by atoms with Gasteiger partial charge in [-0.25, -0.2) is 0 Å². The number of nitrogens with zero attached hydrogens (tertiary/aromatic N) is 1. The largest absolute Gasteiger partial charge is 0.475 e. The maximum Gasteiger partial charge on any atom is 0.215 e. The van der Waals surface area contributed by atoms with E-state index in [1.165, 1.54) is 0 Å². The standard InChI is InChI=1S/C15H26N2O2/c1-5-6-10-18-11-12-19-14-9-7-8-13(16-14)17-15(2,3)4/h7-9H,5-6,10-12H2,1-4H3,(H,16,17). The third-order valence-electron chi connectivity index (χ3n) is 2.35. The molecule has 1 aromatic heterocycles. The average Bonchev–Trinajstić information content (AvgIpc) is 2.32. The van der Waals surface area contributed by atoms with Crippen molar-refractivity contribution in [2.45, 2.75) is 46.1 Å². The summed E-state index contributed by atoms with van der Waals surface area (Å²) >= 11 is 0. The van der Waals surface area contributed by atoms with Crippen LogP contribution < -0.4 is 10.1 Å². The minimum atomic E-state index is -0.00507. The van der Waals surface area contributed by atoms with Crippen LogP contribution in [0.3, 0.4) is 0 Å². The Morgan fingerprint density at radius 3 is 2.63 bits per heavy atom. The molecule has 1 heterocycles. The number of hydrogen-bond acceptors (Lipinski definition) is 4. The number of rotatable bonds is 8. The second-order valence-electron chi connectivity index (χ2n) is 5.55. The van der Waals surface area contributed by atoms with Gasteiger partial charge in [0.25, 0.3) is 0 Å². The van der Waals surface area contributed by atoms with Gasteiger partial charge < -0.3 is 14.8 Å². The Bertz CT molecular complexity index is 361. The van der Waals surface area contributed by atoms with E-state index < -0.39 is 0 Å². The highest BCUT2D eigenvalue weighted by atomic mass is 16.5. The lowest BCUT2D eigenvalue weighted by Crippen LogP contribution is -2.26. The number of aromatic nitrogens is 1. The molecule has 1 aromatic rings. The van der Waals surface area contributed by atoms with Crippen LogP contribution in [0, 0.1) is 0 Å². The summed E-state index contributed by atoms with van der Waals surface area (Å²) in [6, 6.07) is 5.74. The summed E-state index contributed by atoms with van der Waals surface area (Å²) in [4.78, 5) is 4.40. The molecule has 0 amide bonds. The summed E-state index contributed by atoms with van der Waals surface area (Å²) in [5.74, 6) is 1.46. The highest BCUT2D eigenvalue weighted by Gasteiger charge is 2.10. The van der Waals surface area contributed by atoms with Gasteiger partial charge in [0.05, 0.1) is 6.61 Å². The zero-order chi connectivity index (χ0) is 14.1. The topological polar surface area (TPSA) is 43.4 Å². The summed E-state index contributed by atoms with van der Waals surface area (Å²) in [6.45, 7) is 10.4. The van der Waals surface area contributed by atoms with Crippen molar-refractivity contribution in [1.82, 2.24) is 4.98 Å². The molecule has 1 N–H and O–H groups in total. The molecule has 0 radical (unpaired) electrons. The summed E-state index contributed by atoms with van der Waals surface area (Å²) in [5.41, 5.74) is -0.00507. The lowest BCUT2D eigenvalue weighted by atomic mass is 10.1. The molecule has 0 bridgehead atoms. The van der Waals surface area contributed by atoms with E-state index in [0.29, 0.717) is 19.1 Å². The molecule has 4 nitrogen and oxygen atoms in total. The third kappa shape index (κ3) is 7.67. The number of ether oxygens (including phenoxy) is 2. The van der Waals surface area contributed by atoms with Crippen molar-refractivity contribution < 1.29 is 9.47 Å². The Morgan fingerprint density at radius 1 is 1.16 bits per heavy atom. The predicted octanol–water partition coefficient (Wildman–Crippen LogP) is 3.49. The third-order valence-corrected chi connectivity index (χ3v) is 2.35. The van der Waals surface area contributed by atoms with Crippen LogP contribution in [0.5, 0.6) is 5.88 Å². The first-order valence-electron chi connectivity index (χ1n) is 6.97. The average molecular weight is 266 g/mol. The van der Waals surface area contributed by atoms with E-state index in [1.54, 1.807) is 0 Å². The normalized spacial score (nSPS) is 11.4. The molecule has 0 unspecified atom stereocenters. The molecule has 0 saturated heterocycles. The molecule has 108 valence electrons. The second-order valence-corrected chi connectivity index (χ2v) is 5.55. The Kier molecular flexibility index (Phi) is 6.64. The van der Waals surface area contributed by atoms with Crippen LogP contribution in [-0.2, 0) is 4.74 Å². The smallest absolute Gasteiger partial charge is 0.215 e. The molecule has 0 aliphatic carbocycles. The molecule has 0 atom stereocenters. The minimum absolute atomic E-state index is 0.00507. The monoisotopic (exact) mass is 266 g/mol. The van der Waals surface area contributed by atoms with Crippen molar-refractivity contribution in [3.05, 3.63) is 18.2 Å². The van der Waals surface area contributed by atoms with E-state index >= 15 is 0 Å². The van der Waals surface area contributed by atoms with Crippen LogP contribution >= 0.6 is 0 Å². The number of nitrogens with one attached hydrogen (secondary N) is 1. The summed E-state index contributed by atoms with van der Waals surface area (Å²) in [7, 11) is 0. The van der Waals surface area contributed by atoms with Gasteiger partial charge in [-0.1, -0.05) is 19.4 Å². The maximum absolute atomic E-state index is 5.57. The molecule has 0 aromatic carbocycles. The molecule has 19 heavy (non-hydrogen) atoms. The summed E-state index contributed by atoms with van der Waals surface area (Å²) in [6.07, 6.45) is 2.26. The van der Waals surface area contributed by atoms with Crippen molar-refractivity contribution in [2.24, 2.45) is 0 Å². The fourth-order valence-electron chi connectivity index (χ4n) is 1.50. The molecule has 0 aliphatic rings. The van der Waals surface area contributed by atoms with Crippen molar-refractivity contribution in [3.63, 3.8) is 0 Å². The number of unbranched alkanes of at least 4 members (excludes halogenated alkanes) is 1. The van der Waals surface area contributed by atoms with Gasteiger partial charge in [-0.2, -0.15) is 4.98 Å². The van der Waals surface area contributed by atoms with Gasteiger partial charge in [0, 0.05) is 18.2 Å². The fraction of sp³-hybridized carbons (Fsp3) is 0.667. The van der Waals surface area contributed by atoms with Crippen LogP contribution in [0.1, 0.15) is 40.5 Å². The molecule has 0 aliphatic heterocycles. The molecule has 0 saturated carbocycles.